The maximum absolute atomic E-state index is 13.3. The van der Waals surface area contributed by atoms with E-state index in [-0.39, 0.29) is 11.3 Å². The second kappa shape index (κ2) is 6.50. The van der Waals surface area contributed by atoms with Crippen LogP contribution in [0.1, 0.15) is 22.8 Å². The van der Waals surface area contributed by atoms with Gasteiger partial charge in [0.1, 0.15) is 11.6 Å². The van der Waals surface area contributed by atoms with Gasteiger partial charge in [-0.1, -0.05) is 31.9 Å². The Kier molecular flexibility index (Phi) is 4.94. The molecule has 0 spiro atoms. The molecule has 0 aliphatic heterocycles. The predicted octanol–water partition coefficient (Wildman–Crippen LogP) is 4.98. The molecular weight excluding hydrogens is 391 g/mol. The molecule has 0 aliphatic carbocycles. The summed E-state index contributed by atoms with van der Waals surface area (Å²) < 4.78 is 20.1. The predicted molar refractivity (Wildman–Crippen MR) is 82.8 cm³/mol. The second-order valence-electron chi connectivity index (χ2n) is 4.03. The Bertz CT molecular complexity index is 656. The quantitative estimate of drug-likeness (QED) is 0.675. The molecule has 5 heteroatoms. The molecule has 20 heavy (non-hydrogen) atoms. The van der Waals surface area contributed by atoms with Crippen molar-refractivity contribution in [2.45, 2.75) is 6.92 Å². The lowest BCUT2D eigenvalue weighted by Crippen LogP contribution is -2.06. The Balaban J connectivity index is 2.52. The van der Waals surface area contributed by atoms with E-state index in [1.165, 1.54) is 18.2 Å². The molecule has 2 nitrogen and oxygen atoms in total. The summed E-state index contributed by atoms with van der Waals surface area (Å²) in [5, 5.41) is 0. The van der Waals surface area contributed by atoms with E-state index in [1.54, 1.807) is 18.2 Å². The van der Waals surface area contributed by atoms with Crippen LogP contribution in [0.4, 0.5) is 4.39 Å². The molecule has 2 aromatic rings. The number of carbonyl (C=O) groups is 1. The van der Waals surface area contributed by atoms with Crippen molar-refractivity contribution in [1.29, 1.82) is 0 Å². The summed E-state index contributed by atoms with van der Waals surface area (Å²) >= 11 is 6.60. The van der Waals surface area contributed by atoms with Gasteiger partial charge in [-0.3, -0.25) is 4.79 Å². The van der Waals surface area contributed by atoms with Crippen LogP contribution in [-0.4, -0.2) is 12.4 Å². The Morgan fingerprint density at radius 1 is 1.15 bits per heavy atom. The van der Waals surface area contributed by atoms with E-state index in [1.807, 2.05) is 6.92 Å². The fourth-order valence-electron chi connectivity index (χ4n) is 1.78. The number of rotatable bonds is 4. The highest BCUT2D eigenvalue weighted by Crippen LogP contribution is 2.28. The van der Waals surface area contributed by atoms with Crippen molar-refractivity contribution in [2.75, 3.05) is 6.61 Å². The minimum Gasteiger partial charge on any atom is -0.493 e. The number of hydrogen-bond acceptors (Lipinski definition) is 2. The first-order chi connectivity index (χ1) is 9.52. The number of carbonyl (C=O) groups excluding carboxylic acids is 1. The Labute approximate surface area is 133 Å². The van der Waals surface area contributed by atoms with Gasteiger partial charge in [-0.25, -0.2) is 4.39 Å². The van der Waals surface area contributed by atoms with Gasteiger partial charge < -0.3 is 4.74 Å². The lowest BCUT2D eigenvalue weighted by molar-refractivity contribution is 0.103. The molecule has 0 aromatic heterocycles. The van der Waals surface area contributed by atoms with Gasteiger partial charge in [0, 0.05) is 14.5 Å². The van der Waals surface area contributed by atoms with Gasteiger partial charge in [-0.15, -0.1) is 0 Å². The van der Waals surface area contributed by atoms with Crippen LogP contribution in [0.5, 0.6) is 5.75 Å². The summed E-state index contributed by atoms with van der Waals surface area (Å²) in [5.74, 6) is -0.262. The van der Waals surface area contributed by atoms with Gasteiger partial charge in [-0.05, 0) is 43.3 Å². The normalized spacial score (nSPS) is 10.4. The lowest BCUT2D eigenvalue weighted by Gasteiger charge is -2.11. The topological polar surface area (TPSA) is 26.3 Å². The van der Waals surface area contributed by atoms with Gasteiger partial charge in [0.25, 0.3) is 0 Å². The van der Waals surface area contributed by atoms with Crippen LogP contribution in [0.25, 0.3) is 0 Å². The van der Waals surface area contributed by atoms with Crippen LogP contribution < -0.4 is 4.74 Å². The Morgan fingerprint density at radius 3 is 2.60 bits per heavy atom. The number of ketones is 1. The van der Waals surface area contributed by atoms with Gasteiger partial charge in [-0.2, -0.15) is 0 Å². The Morgan fingerprint density at radius 2 is 1.90 bits per heavy atom. The molecule has 0 N–H and O–H groups in total. The third-order valence-corrected chi connectivity index (χ3v) is 3.84. The Hall–Kier alpha value is -1.20. The highest BCUT2D eigenvalue weighted by molar-refractivity contribution is 9.10. The first kappa shape index (κ1) is 15.2. The molecule has 0 radical (unpaired) electrons. The van der Waals surface area contributed by atoms with E-state index >= 15 is 0 Å². The van der Waals surface area contributed by atoms with E-state index in [2.05, 4.69) is 31.9 Å². The van der Waals surface area contributed by atoms with Gasteiger partial charge >= 0.3 is 0 Å². The van der Waals surface area contributed by atoms with Gasteiger partial charge in [0.2, 0.25) is 0 Å². The molecule has 2 rings (SSSR count). The summed E-state index contributed by atoms with van der Waals surface area (Å²) in [6.45, 7) is 2.29. The van der Waals surface area contributed by atoms with Crippen molar-refractivity contribution in [1.82, 2.24) is 0 Å². The maximum atomic E-state index is 13.3. The smallest absolute Gasteiger partial charge is 0.198 e. The van der Waals surface area contributed by atoms with Crippen molar-refractivity contribution in [3.05, 3.63) is 62.3 Å². The largest absolute Gasteiger partial charge is 0.493 e. The fourth-order valence-corrected chi connectivity index (χ4v) is 2.57. The molecule has 0 fully saturated rings. The molecule has 0 saturated heterocycles. The van der Waals surface area contributed by atoms with Crippen LogP contribution in [0.3, 0.4) is 0 Å². The summed E-state index contributed by atoms with van der Waals surface area (Å²) in [5.41, 5.74) is 0.663. The summed E-state index contributed by atoms with van der Waals surface area (Å²) in [6.07, 6.45) is 0. The molecular formula is C15H11Br2FO2. The van der Waals surface area contributed by atoms with Crippen LogP contribution in [0.15, 0.2) is 45.3 Å². The van der Waals surface area contributed by atoms with Gasteiger partial charge in [0.05, 0.1) is 12.2 Å². The van der Waals surface area contributed by atoms with E-state index in [0.717, 1.165) is 4.47 Å². The number of hydrogen-bond donors (Lipinski definition) is 0. The van der Waals surface area contributed by atoms with Crippen molar-refractivity contribution >= 4 is 37.6 Å². The van der Waals surface area contributed by atoms with Crippen molar-refractivity contribution in [3.8, 4) is 5.75 Å². The zero-order valence-electron chi connectivity index (χ0n) is 10.6. The average molecular weight is 402 g/mol. The minimum absolute atomic E-state index is 0.268. The number of halogens is 3. The highest BCUT2D eigenvalue weighted by atomic mass is 79.9. The standard InChI is InChI=1S/C15H11Br2FO2/c1-2-20-14-6-3-9(16)7-12(14)15(19)11-8-10(18)4-5-13(11)17/h3-8H,2H2,1H3. The fraction of sp³-hybridized carbons (Fsp3) is 0.133. The van der Waals surface area contributed by atoms with Crippen molar-refractivity contribution in [3.63, 3.8) is 0 Å². The maximum Gasteiger partial charge on any atom is 0.198 e. The SMILES string of the molecule is CCOc1ccc(Br)cc1C(=O)c1cc(F)ccc1Br. The summed E-state index contributed by atoms with van der Waals surface area (Å²) in [4.78, 5) is 12.6. The van der Waals surface area contributed by atoms with Crippen LogP contribution in [-0.2, 0) is 0 Å². The first-order valence-corrected chi connectivity index (χ1v) is 7.53. The molecule has 0 bridgehead atoms. The molecule has 0 unspecified atom stereocenters. The van der Waals surface area contributed by atoms with Crippen LogP contribution >= 0.6 is 31.9 Å². The third-order valence-electron chi connectivity index (χ3n) is 2.66. The summed E-state index contributed by atoms with van der Waals surface area (Å²) in [7, 11) is 0. The third kappa shape index (κ3) is 3.27. The molecule has 0 aliphatic rings. The molecule has 0 atom stereocenters. The average Bonchev–Trinajstić information content (AvgIpc) is 2.43. The molecule has 0 heterocycles. The second-order valence-corrected chi connectivity index (χ2v) is 5.80. The van der Waals surface area contributed by atoms with E-state index in [0.29, 0.717) is 22.4 Å². The zero-order valence-corrected chi connectivity index (χ0v) is 13.8. The monoisotopic (exact) mass is 400 g/mol. The van der Waals surface area contributed by atoms with E-state index in [4.69, 9.17) is 4.74 Å². The molecule has 2 aromatic carbocycles. The van der Waals surface area contributed by atoms with Crippen molar-refractivity contribution < 1.29 is 13.9 Å². The summed E-state index contributed by atoms with van der Waals surface area (Å²) in [6, 6.07) is 9.20. The van der Waals surface area contributed by atoms with E-state index in [9.17, 15) is 9.18 Å². The highest BCUT2D eigenvalue weighted by Gasteiger charge is 2.18. The first-order valence-electron chi connectivity index (χ1n) is 5.95. The molecule has 0 amide bonds. The van der Waals surface area contributed by atoms with E-state index < -0.39 is 5.82 Å². The molecule has 104 valence electrons. The van der Waals surface area contributed by atoms with Crippen LogP contribution in [0, 0.1) is 5.82 Å². The van der Waals surface area contributed by atoms with Gasteiger partial charge in [0.15, 0.2) is 5.78 Å². The molecule has 0 saturated carbocycles. The van der Waals surface area contributed by atoms with Crippen LogP contribution in [0.2, 0.25) is 0 Å². The minimum atomic E-state index is -0.454. The number of ether oxygens (including phenoxy) is 1. The lowest BCUT2D eigenvalue weighted by atomic mass is 10.0. The number of benzene rings is 2. The zero-order chi connectivity index (χ0) is 14.7. The van der Waals surface area contributed by atoms with Crippen molar-refractivity contribution in [2.24, 2.45) is 0 Å².